The van der Waals surface area contributed by atoms with Gasteiger partial charge in [0.25, 0.3) is 0 Å². The van der Waals surface area contributed by atoms with Crippen molar-refractivity contribution in [3.8, 4) is 11.4 Å². The SMILES string of the molecule is Cc1cc(C)c(S(=O)(=O)NCCn2c(-c3ccncc3)nc3ccccc32)c(C)c1. The predicted molar refractivity (Wildman–Crippen MR) is 119 cm³/mol. The minimum atomic E-state index is -3.62. The van der Waals surface area contributed by atoms with Crippen molar-refractivity contribution in [3.63, 3.8) is 0 Å². The van der Waals surface area contributed by atoms with Crippen molar-refractivity contribution < 1.29 is 8.42 Å². The zero-order valence-corrected chi connectivity index (χ0v) is 18.1. The Morgan fingerprint density at radius 3 is 2.33 bits per heavy atom. The molecule has 7 heteroatoms. The van der Waals surface area contributed by atoms with Crippen molar-refractivity contribution in [2.45, 2.75) is 32.2 Å². The molecule has 0 bridgehead atoms. The number of sulfonamides is 1. The van der Waals surface area contributed by atoms with Crippen LogP contribution in [0.3, 0.4) is 0 Å². The molecule has 0 atom stereocenters. The van der Waals surface area contributed by atoms with Crippen LogP contribution < -0.4 is 4.72 Å². The molecule has 2 aromatic carbocycles. The van der Waals surface area contributed by atoms with Crippen LogP contribution in [0.25, 0.3) is 22.4 Å². The first-order valence-corrected chi connectivity index (χ1v) is 11.3. The number of imidazole rings is 1. The minimum absolute atomic E-state index is 0.257. The van der Waals surface area contributed by atoms with Gasteiger partial charge in [-0.15, -0.1) is 0 Å². The summed E-state index contributed by atoms with van der Waals surface area (Å²) in [5.74, 6) is 0.792. The topological polar surface area (TPSA) is 76.9 Å². The predicted octanol–water partition coefficient (Wildman–Crippen LogP) is 4.00. The zero-order chi connectivity index (χ0) is 21.3. The standard InChI is InChI=1S/C23H24N4O2S/c1-16-14-17(2)22(18(3)15-16)30(28,29)25-12-13-27-21-7-5-4-6-20(21)26-23(27)19-8-10-24-11-9-19/h4-11,14-15,25H,12-13H2,1-3H3. The third-order valence-corrected chi connectivity index (χ3v) is 6.86. The van der Waals surface area contributed by atoms with Crippen LogP contribution in [-0.4, -0.2) is 29.5 Å². The number of fused-ring (bicyclic) bond motifs is 1. The van der Waals surface area contributed by atoms with Gasteiger partial charge in [-0.05, 0) is 56.2 Å². The van der Waals surface area contributed by atoms with Gasteiger partial charge < -0.3 is 4.57 Å². The molecule has 0 aliphatic carbocycles. The van der Waals surface area contributed by atoms with Gasteiger partial charge in [0.2, 0.25) is 10.0 Å². The maximum atomic E-state index is 13.0. The van der Waals surface area contributed by atoms with Crippen LogP contribution in [0.15, 0.2) is 65.8 Å². The Kier molecular flexibility index (Phi) is 5.40. The molecule has 0 unspecified atom stereocenters. The van der Waals surface area contributed by atoms with E-state index in [2.05, 4.69) is 9.71 Å². The fraction of sp³-hybridized carbons (Fsp3) is 0.217. The van der Waals surface area contributed by atoms with Crippen LogP contribution in [0, 0.1) is 20.8 Å². The number of hydrogen-bond donors (Lipinski definition) is 1. The summed E-state index contributed by atoms with van der Waals surface area (Å²) in [7, 11) is -3.62. The second-order valence-corrected chi connectivity index (χ2v) is 9.14. The number of nitrogens with zero attached hydrogens (tertiary/aromatic N) is 3. The molecular weight excluding hydrogens is 396 g/mol. The Labute approximate surface area is 176 Å². The van der Waals surface area contributed by atoms with Crippen molar-refractivity contribution in [2.24, 2.45) is 0 Å². The van der Waals surface area contributed by atoms with Crippen LogP contribution in [0.2, 0.25) is 0 Å². The Hall–Kier alpha value is -3.03. The normalized spacial score (nSPS) is 11.8. The van der Waals surface area contributed by atoms with Crippen LogP contribution in [-0.2, 0) is 16.6 Å². The Morgan fingerprint density at radius 2 is 1.63 bits per heavy atom. The van der Waals surface area contributed by atoms with Gasteiger partial charge >= 0.3 is 0 Å². The summed E-state index contributed by atoms with van der Waals surface area (Å²) in [5.41, 5.74) is 5.34. The van der Waals surface area contributed by atoms with Gasteiger partial charge in [0.1, 0.15) is 5.82 Å². The molecule has 0 amide bonds. The summed E-state index contributed by atoms with van der Waals surface area (Å²) in [6.45, 7) is 6.35. The molecule has 154 valence electrons. The van der Waals surface area contributed by atoms with Crippen LogP contribution >= 0.6 is 0 Å². The van der Waals surface area contributed by atoms with Crippen molar-refractivity contribution >= 4 is 21.1 Å². The highest BCUT2D eigenvalue weighted by atomic mass is 32.2. The lowest BCUT2D eigenvalue weighted by Gasteiger charge is -2.14. The lowest BCUT2D eigenvalue weighted by atomic mass is 10.1. The minimum Gasteiger partial charge on any atom is -0.323 e. The highest BCUT2D eigenvalue weighted by molar-refractivity contribution is 7.89. The van der Waals surface area contributed by atoms with Crippen LogP contribution in [0.5, 0.6) is 0 Å². The number of aryl methyl sites for hydroxylation is 3. The lowest BCUT2D eigenvalue weighted by Crippen LogP contribution is -2.28. The average molecular weight is 421 g/mol. The van der Waals surface area contributed by atoms with E-state index in [1.165, 1.54) is 0 Å². The van der Waals surface area contributed by atoms with E-state index in [4.69, 9.17) is 4.98 Å². The quantitative estimate of drug-likeness (QED) is 0.511. The molecule has 1 N–H and O–H groups in total. The van der Waals surface area contributed by atoms with E-state index >= 15 is 0 Å². The molecule has 0 fully saturated rings. The highest BCUT2D eigenvalue weighted by Gasteiger charge is 2.20. The van der Waals surface area contributed by atoms with E-state index < -0.39 is 10.0 Å². The van der Waals surface area contributed by atoms with E-state index in [1.807, 2.05) is 73.9 Å². The Morgan fingerprint density at radius 1 is 0.967 bits per heavy atom. The molecule has 2 aromatic heterocycles. The fourth-order valence-electron chi connectivity index (χ4n) is 3.98. The van der Waals surface area contributed by atoms with Crippen LogP contribution in [0.1, 0.15) is 16.7 Å². The summed E-state index contributed by atoms with van der Waals surface area (Å²) in [6, 6.07) is 15.5. The summed E-state index contributed by atoms with van der Waals surface area (Å²) >= 11 is 0. The van der Waals surface area contributed by atoms with Gasteiger partial charge in [-0.2, -0.15) is 0 Å². The molecule has 0 radical (unpaired) electrons. The Balaban J connectivity index is 1.63. The molecular formula is C23H24N4O2S. The molecule has 30 heavy (non-hydrogen) atoms. The second kappa shape index (κ2) is 8.01. The molecule has 0 spiro atoms. The number of para-hydroxylation sites is 2. The largest absolute Gasteiger partial charge is 0.323 e. The summed E-state index contributed by atoms with van der Waals surface area (Å²) in [6.07, 6.45) is 3.45. The van der Waals surface area contributed by atoms with Gasteiger partial charge in [0.05, 0.1) is 15.9 Å². The molecule has 0 aliphatic rings. The maximum absolute atomic E-state index is 13.0. The molecule has 4 aromatic rings. The van der Waals surface area contributed by atoms with Crippen molar-refractivity contribution in [1.82, 2.24) is 19.3 Å². The number of aromatic nitrogens is 3. The first-order chi connectivity index (χ1) is 14.4. The zero-order valence-electron chi connectivity index (χ0n) is 17.3. The molecule has 0 saturated heterocycles. The number of pyridine rings is 1. The smallest absolute Gasteiger partial charge is 0.241 e. The summed E-state index contributed by atoms with van der Waals surface area (Å²) in [5, 5.41) is 0. The molecule has 4 rings (SSSR count). The molecule has 2 heterocycles. The van der Waals surface area contributed by atoms with Gasteiger partial charge in [-0.1, -0.05) is 29.8 Å². The van der Waals surface area contributed by atoms with Crippen molar-refractivity contribution in [2.75, 3.05) is 6.54 Å². The van der Waals surface area contributed by atoms with E-state index in [0.717, 1.165) is 39.1 Å². The van der Waals surface area contributed by atoms with E-state index in [9.17, 15) is 8.42 Å². The first-order valence-electron chi connectivity index (χ1n) is 9.80. The van der Waals surface area contributed by atoms with Crippen LogP contribution in [0.4, 0.5) is 0 Å². The van der Waals surface area contributed by atoms with E-state index in [0.29, 0.717) is 11.4 Å². The third kappa shape index (κ3) is 3.86. The Bertz CT molecular complexity index is 1290. The number of benzene rings is 2. The third-order valence-electron chi connectivity index (χ3n) is 5.09. The lowest BCUT2D eigenvalue weighted by molar-refractivity contribution is 0.573. The summed E-state index contributed by atoms with van der Waals surface area (Å²) in [4.78, 5) is 9.19. The molecule has 0 aliphatic heterocycles. The highest BCUT2D eigenvalue weighted by Crippen LogP contribution is 2.25. The van der Waals surface area contributed by atoms with E-state index in [-0.39, 0.29) is 6.54 Å². The summed E-state index contributed by atoms with van der Waals surface area (Å²) < 4.78 is 30.8. The van der Waals surface area contributed by atoms with Gasteiger partial charge in [-0.3, -0.25) is 4.98 Å². The van der Waals surface area contributed by atoms with Crippen molar-refractivity contribution in [3.05, 3.63) is 77.6 Å². The maximum Gasteiger partial charge on any atom is 0.241 e. The fourth-order valence-corrected chi connectivity index (χ4v) is 5.45. The van der Waals surface area contributed by atoms with Gasteiger partial charge in [0, 0.05) is 31.0 Å². The van der Waals surface area contributed by atoms with Gasteiger partial charge in [-0.25, -0.2) is 18.1 Å². The number of hydrogen-bond acceptors (Lipinski definition) is 4. The van der Waals surface area contributed by atoms with Gasteiger partial charge in [0.15, 0.2) is 0 Å². The van der Waals surface area contributed by atoms with Crippen molar-refractivity contribution in [1.29, 1.82) is 0 Å². The first kappa shape index (κ1) is 20.3. The average Bonchev–Trinajstić information content (AvgIpc) is 3.06. The number of rotatable bonds is 6. The van der Waals surface area contributed by atoms with E-state index in [1.54, 1.807) is 12.4 Å². The molecule has 0 saturated carbocycles. The monoisotopic (exact) mass is 420 g/mol. The number of nitrogens with one attached hydrogen (secondary N) is 1. The second-order valence-electron chi connectivity index (χ2n) is 7.44. The molecule has 6 nitrogen and oxygen atoms in total.